The highest BCUT2D eigenvalue weighted by molar-refractivity contribution is 5.63. The molecule has 2 nitrogen and oxygen atoms in total. The number of anilines is 2. The third-order valence-corrected chi connectivity index (χ3v) is 4.96. The Labute approximate surface area is 159 Å². The lowest BCUT2D eigenvalue weighted by atomic mass is 10.0. The lowest BCUT2D eigenvalue weighted by Crippen LogP contribution is -1.96. The number of hydrogen-bond acceptors (Lipinski definition) is 2. The molecule has 0 spiro atoms. The molecule has 0 fully saturated rings. The smallest absolute Gasteiger partial charge is 0.115 e. The predicted octanol–water partition coefficient (Wildman–Crippen LogP) is 7.60. The summed E-state index contributed by atoms with van der Waals surface area (Å²) in [5.74, 6) is 0.300. The number of benzene rings is 2. The Hall–Kier alpha value is -1.96. The van der Waals surface area contributed by atoms with Gasteiger partial charge in [0.05, 0.1) is 0 Å². The largest absolute Gasteiger partial charge is 0.508 e. The zero-order valence-electron chi connectivity index (χ0n) is 16.3. The first-order chi connectivity index (χ1) is 12.8. The van der Waals surface area contributed by atoms with Crippen LogP contribution in [0.15, 0.2) is 48.5 Å². The monoisotopic (exact) mass is 353 g/mol. The summed E-state index contributed by atoms with van der Waals surface area (Å²) in [6.07, 6.45) is 14.8. The minimum Gasteiger partial charge on any atom is -0.508 e. The second kappa shape index (κ2) is 12.4. The molecule has 2 aromatic carbocycles. The Morgan fingerprint density at radius 1 is 0.692 bits per heavy atom. The van der Waals surface area contributed by atoms with E-state index in [0.717, 1.165) is 12.1 Å². The lowest BCUT2D eigenvalue weighted by molar-refractivity contribution is 0.475. The summed E-state index contributed by atoms with van der Waals surface area (Å²) in [6.45, 7) is 2.28. The van der Waals surface area contributed by atoms with Crippen molar-refractivity contribution in [3.05, 3.63) is 54.1 Å². The number of phenolic OH excluding ortho intramolecular Hbond substituents is 1. The highest BCUT2D eigenvalue weighted by Gasteiger charge is 2.03. The maximum absolute atomic E-state index is 9.41. The predicted molar refractivity (Wildman–Crippen MR) is 113 cm³/mol. The van der Waals surface area contributed by atoms with Gasteiger partial charge in [0, 0.05) is 11.4 Å². The summed E-state index contributed by atoms with van der Waals surface area (Å²) in [5.41, 5.74) is 3.56. The zero-order valence-corrected chi connectivity index (χ0v) is 16.3. The summed E-state index contributed by atoms with van der Waals surface area (Å²) in [7, 11) is 0. The second-order valence-corrected chi connectivity index (χ2v) is 7.26. The van der Waals surface area contributed by atoms with E-state index in [2.05, 4.69) is 36.5 Å². The van der Waals surface area contributed by atoms with Crippen LogP contribution in [0.1, 0.15) is 76.7 Å². The molecule has 0 aliphatic heterocycles. The molecule has 0 unspecified atom stereocenters. The lowest BCUT2D eigenvalue weighted by Gasteiger charge is -2.12. The molecule has 0 radical (unpaired) electrons. The van der Waals surface area contributed by atoms with Gasteiger partial charge in [-0.05, 0) is 48.7 Å². The van der Waals surface area contributed by atoms with Gasteiger partial charge in [0.2, 0.25) is 0 Å². The van der Waals surface area contributed by atoms with Crippen molar-refractivity contribution in [2.24, 2.45) is 0 Å². The van der Waals surface area contributed by atoms with Gasteiger partial charge in [0.25, 0.3) is 0 Å². The van der Waals surface area contributed by atoms with Crippen LogP contribution in [0.3, 0.4) is 0 Å². The Bertz CT molecular complexity index is 606. The van der Waals surface area contributed by atoms with E-state index < -0.39 is 0 Å². The van der Waals surface area contributed by atoms with Crippen molar-refractivity contribution in [3.8, 4) is 5.75 Å². The van der Waals surface area contributed by atoms with Gasteiger partial charge in [-0.3, -0.25) is 0 Å². The average Bonchev–Trinajstić information content (AvgIpc) is 2.66. The van der Waals surface area contributed by atoms with Crippen molar-refractivity contribution in [2.45, 2.75) is 77.6 Å². The molecule has 0 saturated heterocycles. The minimum absolute atomic E-state index is 0.300. The number of aromatic hydroxyl groups is 1. The molecule has 2 N–H and O–H groups in total. The SMILES string of the molecule is CCCCCCCCCCCCc1ccccc1Nc1ccc(O)cc1. The van der Waals surface area contributed by atoms with Crippen LogP contribution in [0, 0.1) is 0 Å². The van der Waals surface area contributed by atoms with Crippen molar-refractivity contribution in [1.82, 2.24) is 0 Å². The molecule has 0 bridgehead atoms. The molecule has 0 atom stereocenters. The Balaban J connectivity index is 1.66. The van der Waals surface area contributed by atoms with E-state index in [1.54, 1.807) is 12.1 Å². The number of phenols is 1. The third-order valence-electron chi connectivity index (χ3n) is 4.96. The first-order valence-electron chi connectivity index (χ1n) is 10.4. The fourth-order valence-corrected chi connectivity index (χ4v) is 3.36. The van der Waals surface area contributed by atoms with Crippen molar-refractivity contribution >= 4 is 11.4 Å². The summed E-state index contributed by atoms with van der Waals surface area (Å²) in [6, 6.07) is 15.8. The Morgan fingerprint density at radius 2 is 1.27 bits per heavy atom. The number of hydrogen-bond donors (Lipinski definition) is 2. The molecule has 0 heterocycles. The average molecular weight is 354 g/mol. The van der Waals surface area contributed by atoms with Crippen molar-refractivity contribution in [1.29, 1.82) is 0 Å². The molecule has 0 aliphatic rings. The number of para-hydroxylation sites is 1. The number of unbranched alkanes of at least 4 members (excludes halogenated alkanes) is 9. The zero-order chi connectivity index (χ0) is 18.5. The van der Waals surface area contributed by atoms with E-state index in [1.807, 2.05) is 12.1 Å². The van der Waals surface area contributed by atoms with Crippen molar-refractivity contribution in [3.63, 3.8) is 0 Å². The van der Waals surface area contributed by atoms with E-state index in [1.165, 1.54) is 75.5 Å². The summed E-state index contributed by atoms with van der Waals surface area (Å²) in [5, 5.41) is 12.9. The van der Waals surface area contributed by atoms with Crippen LogP contribution < -0.4 is 5.32 Å². The number of nitrogens with one attached hydrogen (secondary N) is 1. The Kier molecular flexibility index (Phi) is 9.71. The fourth-order valence-electron chi connectivity index (χ4n) is 3.36. The molecule has 0 aliphatic carbocycles. The minimum atomic E-state index is 0.300. The molecule has 26 heavy (non-hydrogen) atoms. The standard InChI is InChI=1S/C24H35NO/c1-2-3-4-5-6-7-8-9-10-11-14-21-15-12-13-16-24(21)25-22-17-19-23(26)20-18-22/h12-13,15-20,25-26H,2-11,14H2,1H3. The molecule has 0 amide bonds. The second-order valence-electron chi connectivity index (χ2n) is 7.26. The van der Waals surface area contributed by atoms with Crippen LogP contribution in [0.25, 0.3) is 0 Å². The van der Waals surface area contributed by atoms with Gasteiger partial charge >= 0.3 is 0 Å². The molecule has 2 rings (SSSR count). The Morgan fingerprint density at radius 3 is 1.92 bits per heavy atom. The van der Waals surface area contributed by atoms with Crippen LogP contribution in [-0.4, -0.2) is 5.11 Å². The van der Waals surface area contributed by atoms with Gasteiger partial charge in [-0.1, -0.05) is 82.9 Å². The maximum atomic E-state index is 9.41. The van der Waals surface area contributed by atoms with Gasteiger partial charge in [-0.15, -0.1) is 0 Å². The highest BCUT2D eigenvalue weighted by Crippen LogP contribution is 2.24. The van der Waals surface area contributed by atoms with Gasteiger partial charge < -0.3 is 10.4 Å². The van der Waals surface area contributed by atoms with Gasteiger partial charge in [-0.2, -0.15) is 0 Å². The van der Waals surface area contributed by atoms with Crippen molar-refractivity contribution < 1.29 is 5.11 Å². The van der Waals surface area contributed by atoms with E-state index >= 15 is 0 Å². The molecule has 0 saturated carbocycles. The van der Waals surface area contributed by atoms with Crippen LogP contribution in [0.4, 0.5) is 11.4 Å². The van der Waals surface area contributed by atoms with E-state index in [9.17, 15) is 5.11 Å². The molecular formula is C24H35NO. The van der Waals surface area contributed by atoms with E-state index in [4.69, 9.17) is 0 Å². The molecule has 2 aromatic rings. The number of rotatable bonds is 13. The highest BCUT2D eigenvalue weighted by atomic mass is 16.3. The van der Waals surface area contributed by atoms with Gasteiger partial charge in [-0.25, -0.2) is 0 Å². The van der Waals surface area contributed by atoms with E-state index in [-0.39, 0.29) is 0 Å². The van der Waals surface area contributed by atoms with E-state index in [0.29, 0.717) is 5.75 Å². The van der Waals surface area contributed by atoms with Crippen molar-refractivity contribution in [2.75, 3.05) is 5.32 Å². The normalized spacial score (nSPS) is 10.8. The quantitative estimate of drug-likeness (QED) is 0.287. The third kappa shape index (κ3) is 7.95. The van der Waals surface area contributed by atoms with Crippen LogP contribution in [0.2, 0.25) is 0 Å². The first kappa shape index (κ1) is 20.4. The summed E-state index contributed by atoms with van der Waals surface area (Å²) >= 11 is 0. The molecule has 142 valence electrons. The van der Waals surface area contributed by atoms with Gasteiger partial charge in [0.15, 0.2) is 0 Å². The van der Waals surface area contributed by atoms with Crippen LogP contribution >= 0.6 is 0 Å². The fraction of sp³-hybridized carbons (Fsp3) is 0.500. The topological polar surface area (TPSA) is 32.3 Å². The molecule has 0 aromatic heterocycles. The molecular weight excluding hydrogens is 318 g/mol. The first-order valence-corrected chi connectivity index (χ1v) is 10.4. The molecule has 2 heteroatoms. The number of aryl methyl sites for hydroxylation is 1. The van der Waals surface area contributed by atoms with Crippen LogP contribution in [-0.2, 0) is 6.42 Å². The van der Waals surface area contributed by atoms with Crippen LogP contribution in [0.5, 0.6) is 5.75 Å². The summed E-state index contributed by atoms with van der Waals surface area (Å²) in [4.78, 5) is 0. The maximum Gasteiger partial charge on any atom is 0.115 e. The van der Waals surface area contributed by atoms with Gasteiger partial charge in [0.1, 0.15) is 5.75 Å². The summed E-state index contributed by atoms with van der Waals surface area (Å²) < 4.78 is 0.